The molecule has 0 saturated heterocycles. The number of sulfonamides is 1. The van der Waals surface area contributed by atoms with Crippen molar-refractivity contribution in [3.05, 3.63) is 52.5 Å². The van der Waals surface area contributed by atoms with Gasteiger partial charge in [-0.1, -0.05) is 35.0 Å². The maximum atomic E-state index is 12.7. The predicted octanol–water partition coefficient (Wildman–Crippen LogP) is 3.85. The molecule has 0 spiro atoms. The number of methoxy groups -OCH3 is 1. The number of amides is 1. The van der Waals surface area contributed by atoms with Crippen molar-refractivity contribution in [3.8, 4) is 5.75 Å². The molecular weight excluding hydrogens is 420 g/mol. The van der Waals surface area contributed by atoms with Crippen molar-refractivity contribution in [2.75, 3.05) is 12.4 Å². The second kappa shape index (κ2) is 8.66. The average Bonchev–Trinajstić information content (AvgIpc) is 2.61. The minimum atomic E-state index is -3.78. The van der Waals surface area contributed by atoms with Gasteiger partial charge < -0.3 is 10.1 Å². The topological polar surface area (TPSA) is 84.5 Å². The van der Waals surface area contributed by atoms with Crippen LogP contribution in [0.15, 0.2) is 51.8 Å². The molecule has 0 aromatic heterocycles. The van der Waals surface area contributed by atoms with Gasteiger partial charge in [-0.15, -0.1) is 0 Å². The van der Waals surface area contributed by atoms with Crippen LogP contribution in [0.4, 0.5) is 5.69 Å². The van der Waals surface area contributed by atoms with Crippen LogP contribution in [0.3, 0.4) is 0 Å². The monoisotopic (exact) mass is 440 g/mol. The largest absolute Gasteiger partial charge is 0.495 e. The fraction of sp³-hybridized carbons (Fsp3) is 0.278. The lowest BCUT2D eigenvalue weighted by Crippen LogP contribution is -2.27. The van der Waals surface area contributed by atoms with Crippen LogP contribution in [0.2, 0.25) is 0 Å². The molecule has 0 bridgehead atoms. The third kappa shape index (κ3) is 5.06. The zero-order chi connectivity index (χ0) is 19.3. The lowest BCUT2D eigenvalue weighted by molar-refractivity contribution is -0.115. The minimum absolute atomic E-state index is 0.0477. The Morgan fingerprint density at radius 3 is 2.58 bits per heavy atom. The Kier molecular flexibility index (Phi) is 6.80. The van der Waals surface area contributed by atoms with E-state index in [0.717, 1.165) is 10.0 Å². The Morgan fingerprint density at radius 1 is 1.23 bits per heavy atom. The molecule has 0 aliphatic rings. The second-order valence-electron chi connectivity index (χ2n) is 5.66. The van der Waals surface area contributed by atoms with E-state index in [1.165, 1.54) is 25.3 Å². The summed E-state index contributed by atoms with van der Waals surface area (Å²) >= 11 is 3.38. The van der Waals surface area contributed by atoms with Gasteiger partial charge >= 0.3 is 0 Å². The first kappa shape index (κ1) is 20.4. The van der Waals surface area contributed by atoms with Crippen LogP contribution in [-0.2, 0) is 14.8 Å². The van der Waals surface area contributed by atoms with Crippen molar-refractivity contribution >= 4 is 37.5 Å². The zero-order valence-electron chi connectivity index (χ0n) is 14.7. The maximum Gasteiger partial charge on any atom is 0.241 e. The predicted molar refractivity (Wildman–Crippen MR) is 105 cm³/mol. The minimum Gasteiger partial charge on any atom is -0.495 e. The van der Waals surface area contributed by atoms with Gasteiger partial charge in [0.15, 0.2) is 0 Å². The average molecular weight is 441 g/mol. The molecule has 6 nitrogen and oxygen atoms in total. The van der Waals surface area contributed by atoms with Crippen molar-refractivity contribution < 1.29 is 17.9 Å². The quantitative estimate of drug-likeness (QED) is 0.684. The molecule has 0 aliphatic heterocycles. The fourth-order valence-electron chi connectivity index (χ4n) is 2.34. The second-order valence-corrected chi connectivity index (χ2v) is 8.29. The number of benzene rings is 2. The van der Waals surface area contributed by atoms with E-state index < -0.39 is 16.1 Å². The van der Waals surface area contributed by atoms with E-state index in [9.17, 15) is 13.2 Å². The van der Waals surface area contributed by atoms with Crippen molar-refractivity contribution in [1.82, 2.24) is 4.72 Å². The molecule has 8 heteroatoms. The van der Waals surface area contributed by atoms with E-state index in [1.807, 2.05) is 24.3 Å². The van der Waals surface area contributed by atoms with Crippen LogP contribution in [0, 0.1) is 0 Å². The van der Waals surface area contributed by atoms with Gasteiger partial charge in [-0.2, -0.15) is 0 Å². The maximum absolute atomic E-state index is 12.7. The summed E-state index contributed by atoms with van der Waals surface area (Å²) in [7, 11) is -2.33. The summed E-state index contributed by atoms with van der Waals surface area (Å²) in [5.41, 5.74) is 1.15. The number of halogens is 1. The highest BCUT2D eigenvalue weighted by Crippen LogP contribution is 2.28. The molecule has 26 heavy (non-hydrogen) atoms. The molecule has 1 atom stereocenters. The number of nitrogens with one attached hydrogen (secondary N) is 2. The smallest absolute Gasteiger partial charge is 0.241 e. The van der Waals surface area contributed by atoms with Crippen molar-refractivity contribution in [2.24, 2.45) is 0 Å². The number of hydrogen-bond acceptors (Lipinski definition) is 4. The number of ether oxygens (including phenoxy) is 1. The Hall–Kier alpha value is -1.90. The number of anilines is 1. The van der Waals surface area contributed by atoms with Crippen LogP contribution in [0.5, 0.6) is 5.75 Å². The molecule has 0 saturated carbocycles. The molecule has 140 valence electrons. The van der Waals surface area contributed by atoms with Crippen LogP contribution in [0.1, 0.15) is 31.9 Å². The molecule has 2 N–H and O–H groups in total. The summed E-state index contributed by atoms with van der Waals surface area (Å²) in [5.74, 6) is 0.166. The Labute approximate surface area is 162 Å². The highest BCUT2D eigenvalue weighted by atomic mass is 79.9. The summed E-state index contributed by atoms with van der Waals surface area (Å²) in [6.07, 6.45) is 0.276. The van der Waals surface area contributed by atoms with E-state index in [2.05, 4.69) is 26.0 Å². The first-order valence-corrected chi connectivity index (χ1v) is 10.3. The van der Waals surface area contributed by atoms with Crippen molar-refractivity contribution in [3.63, 3.8) is 0 Å². The number of carbonyl (C=O) groups excluding carboxylic acids is 1. The van der Waals surface area contributed by atoms with E-state index >= 15 is 0 Å². The van der Waals surface area contributed by atoms with Gasteiger partial charge in [-0.05, 0) is 42.8 Å². The highest BCUT2D eigenvalue weighted by molar-refractivity contribution is 9.10. The van der Waals surface area contributed by atoms with Gasteiger partial charge in [0, 0.05) is 16.9 Å². The Morgan fingerprint density at radius 2 is 1.96 bits per heavy atom. The van der Waals surface area contributed by atoms with E-state index in [0.29, 0.717) is 11.4 Å². The summed E-state index contributed by atoms with van der Waals surface area (Å²) in [5, 5.41) is 2.65. The Balaban J connectivity index is 2.30. The van der Waals surface area contributed by atoms with E-state index in [-0.39, 0.29) is 17.2 Å². The molecule has 0 radical (unpaired) electrons. The molecule has 0 aliphatic carbocycles. The van der Waals surface area contributed by atoms with Crippen LogP contribution in [-0.4, -0.2) is 21.4 Å². The van der Waals surface area contributed by atoms with Gasteiger partial charge in [0.2, 0.25) is 15.9 Å². The van der Waals surface area contributed by atoms with Gasteiger partial charge in [0.1, 0.15) is 5.75 Å². The molecule has 0 heterocycles. The molecule has 0 fully saturated rings. The molecule has 0 unspecified atom stereocenters. The van der Waals surface area contributed by atoms with Crippen molar-refractivity contribution in [1.29, 1.82) is 0 Å². The lowest BCUT2D eigenvalue weighted by Gasteiger charge is -2.16. The number of hydrogen-bond donors (Lipinski definition) is 2. The third-order valence-corrected chi connectivity index (χ3v) is 5.79. The summed E-state index contributed by atoms with van der Waals surface area (Å²) < 4.78 is 34.2. The summed E-state index contributed by atoms with van der Waals surface area (Å²) in [4.78, 5) is 11.7. The van der Waals surface area contributed by atoms with Crippen LogP contribution < -0.4 is 14.8 Å². The Bertz CT molecular complexity index is 900. The van der Waals surface area contributed by atoms with Gasteiger partial charge in [-0.3, -0.25) is 4.79 Å². The standard InChI is InChI=1S/C18H21BrN2O4S/c1-4-18(22)20-16-11-15(8-9-17(16)25-3)26(23,24)21-12(2)13-6-5-7-14(19)10-13/h5-12,21H,4H2,1-3H3,(H,20,22)/t12-/m0/s1. The van der Waals surface area contributed by atoms with E-state index in [1.54, 1.807) is 13.8 Å². The highest BCUT2D eigenvalue weighted by Gasteiger charge is 2.20. The number of rotatable bonds is 7. The van der Waals surface area contributed by atoms with Gasteiger partial charge in [0.25, 0.3) is 0 Å². The molecule has 2 rings (SSSR count). The SMILES string of the molecule is CCC(=O)Nc1cc(S(=O)(=O)N[C@@H](C)c2cccc(Br)c2)ccc1OC. The fourth-order valence-corrected chi connectivity index (χ4v) is 4.01. The first-order valence-electron chi connectivity index (χ1n) is 8.02. The van der Waals surface area contributed by atoms with Crippen LogP contribution >= 0.6 is 15.9 Å². The molecular formula is C18H21BrN2O4S. The lowest BCUT2D eigenvalue weighted by atomic mass is 10.1. The van der Waals surface area contributed by atoms with Gasteiger partial charge in [-0.25, -0.2) is 13.1 Å². The third-order valence-electron chi connectivity index (χ3n) is 3.76. The number of carbonyl (C=O) groups is 1. The first-order chi connectivity index (χ1) is 12.3. The van der Waals surface area contributed by atoms with Crippen LogP contribution in [0.25, 0.3) is 0 Å². The molecule has 1 amide bonds. The zero-order valence-corrected chi connectivity index (χ0v) is 17.1. The molecule has 2 aromatic rings. The summed E-state index contributed by atoms with van der Waals surface area (Å²) in [6.45, 7) is 3.48. The summed E-state index contributed by atoms with van der Waals surface area (Å²) in [6, 6.07) is 11.3. The normalized spacial score (nSPS) is 12.5. The van der Waals surface area contributed by atoms with Crippen molar-refractivity contribution in [2.45, 2.75) is 31.2 Å². The van der Waals surface area contributed by atoms with Gasteiger partial charge in [0.05, 0.1) is 17.7 Å². The van der Waals surface area contributed by atoms with E-state index in [4.69, 9.17) is 4.74 Å². The molecule has 2 aromatic carbocycles.